The summed E-state index contributed by atoms with van der Waals surface area (Å²) in [7, 11) is 3.52. The molecule has 2 aromatic rings. The minimum absolute atomic E-state index is 0.0486. The number of amides is 1. The predicted molar refractivity (Wildman–Crippen MR) is 124 cm³/mol. The maximum Gasteiger partial charge on any atom is 0.251 e. The maximum atomic E-state index is 11.8. The highest BCUT2D eigenvalue weighted by atomic mass is 16.1. The lowest BCUT2D eigenvalue weighted by Gasteiger charge is -2.40. The Labute approximate surface area is 180 Å². The van der Waals surface area contributed by atoms with E-state index in [1.54, 1.807) is 7.05 Å². The molecule has 1 fully saturated rings. The van der Waals surface area contributed by atoms with Gasteiger partial charge in [-0.1, -0.05) is 55.8 Å². The van der Waals surface area contributed by atoms with Gasteiger partial charge in [0, 0.05) is 39.3 Å². The second-order valence-electron chi connectivity index (χ2n) is 7.92. The Bertz CT molecular complexity index is 849. The largest absolute Gasteiger partial charge is 0.356 e. The maximum absolute atomic E-state index is 11.8. The smallest absolute Gasteiger partial charge is 0.251 e. The molecule has 30 heavy (non-hydrogen) atoms. The van der Waals surface area contributed by atoms with Crippen molar-refractivity contribution < 1.29 is 4.79 Å². The van der Waals surface area contributed by atoms with Crippen molar-refractivity contribution in [1.29, 1.82) is 0 Å². The Kier molecular flexibility index (Phi) is 7.89. The molecule has 160 valence electrons. The van der Waals surface area contributed by atoms with Gasteiger partial charge in [-0.15, -0.1) is 0 Å². The summed E-state index contributed by atoms with van der Waals surface area (Å²) in [4.78, 5) is 18.8. The van der Waals surface area contributed by atoms with Gasteiger partial charge in [-0.3, -0.25) is 9.79 Å². The first-order valence-electron chi connectivity index (χ1n) is 11.0. The van der Waals surface area contributed by atoms with Crippen molar-refractivity contribution in [2.24, 2.45) is 10.9 Å². The van der Waals surface area contributed by atoms with Crippen molar-refractivity contribution >= 4 is 11.9 Å². The zero-order chi connectivity index (χ0) is 21.3. The van der Waals surface area contributed by atoms with E-state index in [1.165, 1.54) is 12.0 Å². The molecule has 0 bridgehead atoms. The van der Waals surface area contributed by atoms with Crippen molar-refractivity contribution in [2.75, 3.05) is 33.7 Å². The van der Waals surface area contributed by atoms with Gasteiger partial charge in [-0.25, -0.2) is 0 Å². The molecule has 3 rings (SSSR count). The van der Waals surface area contributed by atoms with Crippen molar-refractivity contribution in [3.8, 4) is 0 Å². The highest BCUT2D eigenvalue weighted by Crippen LogP contribution is 2.34. The van der Waals surface area contributed by atoms with Crippen LogP contribution in [0.5, 0.6) is 0 Å². The third-order valence-electron chi connectivity index (χ3n) is 6.11. The van der Waals surface area contributed by atoms with Crippen LogP contribution in [0.4, 0.5) is 0 Å². The molecule has 0 saturated carbocycles. The molecule has 2 aromatic carbocycles. The lowest BCUT2D eigenvalue weighted by Crippen LogP contribution is -2.48. The van der Waals surface area contributed by atoms with Gasteiger partial charge in [0.1, 0.15) is 0 Å². The van der Waals surface area contributed by atoms with Gasteiger partial charge in [0.25, 0.3) is 5.91 Å². The van der Waals surface area contributed by atoms with E-state index in [-0.39, 0.29) is 5.91 Å². The number of aliphatic imine (C=N–C) groups is 1. The number of likely N-dealkylation sites (tertiary alicyclic amines) is 1. The SMILES string of the molecule is CCC1CN(C(=NC)NCCc2cccc(C(=O)NC)c2)CCC1c1ccccc1. The first-order chi connectivity index (χ1) is 14.7. The van der Waals surface area contributed by atoms with Crippen LogP contribution in [0.2, 0.25) is 0 Å². The summed E-state index contributed by atoms with van der Waals surface area (Å²) in [6, 6.07) is 18.7. The molecule has 0 aromatic heterocycles. The molecule has 0 aliphatic carbocycles. The molecule has 0 spiro atoms. The number of rotatable bonds is 6. The second kappa shape index (κ2) is 10.8. The summed E-state index contributed by atoms with van der Waals surface area (Å²) < 4.78 is 0. The summed E-state index contributed by atoms with van der Waals surface area (Å²) in [5, 5.41) is 6.20. The van der Waals surface area contributed by atoms with Crippen LogP contribution in [0, 0.1) is 5.92 Å². The summed E-state index contributed by atoms with van der Waals surface area (Å²) in [6.45, 7) is 5.13. The van der Waals surface area contributed by atoms with Crippen molar-refractivity contribution in [3.63, 3.8) is 0 Å². The topological polar surface area (TPSA) is 56.7 Å². The molecule has 2 unspecified atom stereocenters. The van der Waals surface area contributed by atoms with Crippen LogP contribution < -0.4 is 10.6 Å². The van der Waals surface area contributed by atoms with Crippen molar-refractivity contribution in [2.45, 2.75) is 32.1 Å². The fraction of sp³-hybridized carbons (Fsp3) is 0.440. The lowest BCUT2D eigenvalue weighted by molar-refractivity contribution is 0.0963. The molecule has 2 N–H and O–H groups in total. The molecule has 1 aliphatic rings. The highest BCUT2D eigenvalue weighted by molar-refractivity contribution is 5.94. The molecule has 1 aliphatic heterocycles. The average molecular weight is 407 g/mol. The standard InChI is InChI=1S/C25H34N4O/c1-4-20-18-29(16-14-23(20)21-10-6-5-7-11-21)25(27-3)28-15-13-19-9-8-12-22(17-19)24(30)26-2/h5-12,17,20,23H,4,13-16,18H2,1-3H3,(H,26,30)(H,27,28). The van der Waals surface area contributed by atoms with E-state index < -0.39 is 0 Å². The Morgan fingerprint density at radius 1 is 1.17 bits per heavy atom. The van der Waals surface area contributed by atoms with Crippen LogP contribution in [0.15, 0.2) is 59.6 Å². The minimum atomic E-state index is -0.0486. The molecular formula is C25H34N4O. The number of hydrogen-bond donors (Lipinski definition) is 2. The van der Waals surface area contributed by atoms with Crippen molar-refractivity contribution in [1.82, 2.24) is 15.5 Å². The summed E-state index contributed by atoms with van der Waals surface area (Å²) >= 11 is 0. The number of carbonyl (C=O) groups is 1. The van der Waals surface area contributed by atoms with Gasteiger partial charge < -0.3 is 15.5 Å². The van der Waals surface area contributed by atoms with Crippen LogP contribution in [0.25, 0.3) is 0 Å². The van der Waals surface area contributed by atoms with Crippen molar-refractivity contribution in [3.05, 3.63) is 71.3 Å². The van der Waals surface area contributed by atoms with Gasteiger partial charge in [0.2, 0.25) is 0 Å². The molecule has 5 nitrogen and oxygen atoms in total. The predicted octanol–water partition coefficient (Wildman–Crippen LogP) is 3.68. The van der Waals surface area contributed by atoms with Gasteiger partial charge >= 0.3 is 0 Å². The monoisotopic (exact) mass is 406 g/mol. The second-order valence-corrected chi connectivity index (χ2v) is 7.92. The van der Waals surface area contributed by atoms with Gasteiger partial charge in [0.05, 0.1) is 0 Å². The van der Waals surface area contributed by atoms with Crippen LogP contribution in [-0.2, 0) is 6.42 Å². The van der Waals surface area contributed by atoms with Crippen LogP contribution in [-0.4, -0.2) is 50.5 Å². The lowest BCUT2D eigenvalue weighted by atomic mass is 9.79. The molecule has 1 heterocycles. The number of nitrogens with zero attached hydrogens (tertiary/aromatic N) is 2. The highest BCUT2D eigenvalue weighted by Gasteiger charge is 2.30. The molecule has 1 amide bonds. The number of hydrogen-bond acceptors (Lipinski definition) is 2. The Morgan fingerprint density at radius 3 is 2.67 bits per heavy atom. The number of guanidine groups is 1. The quantitative estimate of drug-likeness (QED) is 0.568. The van der Waals surface area contributed by atoms with E-state index in [9.17, 15) is 4.79 Å². The van der Waals surface area contributed by atoms with E-state index in [1.807, 2.05) is 25.2 Å². The molecule has 0 radical (unpaired) electrons. The zero-order valence-corrected chi connectivity index (χ0v) is 18.4. The molecule has 1 saturated heterocycles. The number of carbonyl (C=O) groups excluding carboxylic acids is 1. The number of benzene rings is 2. The molecular weight excluding hydrogens is 372 g/mol. The first-order valence-corrected chi connectivity index (χ1v) is 11.0. The summed E-state index contributed by atoms with van der Waals surface area (Å²) in [5.41, 5.74) is 3.31. The minimum Gasteiger partial charge on any atom is -0.356 e. The molecule has 5 heteroatoms. The molecule has 2 atom stereocenters. The zero-order valence-electron chi connectivity index (χ0n) is 18.4. The average Bonchev–Trinajstić information content (AvgIpc) is 2.81. The van der Waals surface area contributed by atoms with E-state index in [2.05, 4.69) is 63.8 Å². The summed E-state index contributed by atoms with van der Waals surface area (Å²) in [5.74, 6) is 2.18. The van der Waals surface area contributed by atoms with E-state index >= 15 is 0 Å². The van der Waals surface area contributed by atoms with Crippen LogP contribution >= 0.6 is 0 Å². The van der Waals surface area contributed by atoms with E-state index in [0.717, 1.165) is 44.0 Å². The number of piperidine rings is 1. The Morgan fingerprint density at radius 2 is 1.97 bits per heavy atom. The third kappa shape index (κ3) is 5.41. The van der Waals surface area contributed by atoms with Crippen LogP contribution in [0.3, 0.4) is 0 Å². The van der Waals surface area contributed by atoms with E-state index in [0.29, 0.717) is 17.4 Å². The van der Waals surface area contributed by atoms with Crippen LogP contribution in [0.1, 0.15) is 47.2 Å². The summed E-state index contributed by atoms with van der Waals surface area (Å²) in [6.07, 6.45) is 3.16. The third-order valence-corrected chi connectivity index (χ3v) is 6.11. The first kappa shape index (κ1) is 21.9. The normalized spacial score (nSPS) is 19.4. The Hall–Kier alpha value is -2.82. The van der Waals surface area contributed by atoms with Gasteiger partial charge in [-0.05, 0) is 47.9 Å². The fourth-order valence-electron chi connectivity index (χ4n) is 4.44. The fourth-order valence-corrected chi connectivity index (χ4v) is 4.44. The Balaban J connectivity index is 1.56. The number of nitrogens with one attached hydrogen (secondary N) is 2. The van der Waals surface area contributed by atoms with E-state index in [4.69, 9.17) is 0 Å². The van der Waals surface area contributed by atoms with Gasteiger partial charge in [-0.2, -0.15) is 0 Å². The van der Waals surface area contributed by atoms with Gasteiger partial charge in [0.15, 0.2) is 5.96 Å².